The number of carbonyl (C=O) groups excluding carboxylic acids is 1. The van der Waals surface area contributed by atoms with Crippen LogP contribution in [-0.4, -0.2) is 81.8 Å². The zero-order valence-corrected chi connectivity index (χ0v) is 17.0. The maximum atomic E-state index is 12.8. The summed E-state index contributed by atoms with van der Waals surface area (Å²) in [4.78, 5) is 12.8. The van der Waals surface area contributed by atoms with Crippen LogP contribution < -0.4 is 0 Å². The van der Waals surface area contributed by atoms with Gasteiger partial charge in [0.1, 0.15) is 24.4 Å². The first-order chi connectivity index (χ1) is 13.6. The Morgan fingerprint density at radius 3 is 2.48 bits per heavy atom. The fourth-order valence-corrected chi connectivity index (χ4v) is 4.36. The van der Waals surface area contributed by atoms with Gasteiger partial charge in [-0.15, -0.1) is 0 Å². The average Bonchev–Trinajstić information content (AvgIpc) is 2.94. The molecule has 5 N–H and O–H groups in total. The number of benzene rings is 1. The van der Waals surface area contributed by atoms with Crippen LogP contribution in [0.4, 0.5) is 0 Å². The van der Waals surface area contributed by atoms with Crippen molar-refractivity contribution in [2.75, 3.05) is 19.8 Å². The van der Waals surface area contributed by atoms with E-state index in [2.05, 4.69) is 0 Å². The van der Waals surface area contributed by atoms with E-state index in [4.69, 9.17) is 9.47 Å². The van der Waals surface area contributed by atoms with Gasteiger partial charge in [0.25, 0.3) is 0 Å². The SMILES string of the molecule is Cc1cc2c(c(C)c1CCO[C@H]1O[C@H](CO)[C@@H](O)[C@H](O)[C@H]1O)C(=O)[C@](C)(CO)C2. The standard InChI is InChI=1S/C21H30O8/c1-10-6-12-7-21(3,9-23)19(27)15(12)11(2)13(10)4-5-28-20-18(26)17(25)16(24)14(8-22)29-20/h6,14,16-18,20,22-26H,4-5,7-9H2,1-3H3/t14-,16-,17+,18-,20+,21+/m1/s1. The zero-order valence-electron chi connectivity index (χ0n) is 17.0. The van der Waals surface area contributed by atoms with Crippen molar-refractivity contribution in [1.29, 1.82) is 0 Å². The highest BCUT2D eigenvalue weighted by Crippen LogP contribution is 2.40. The van der Waals surface area contributed by atoms with Crippen LogP contribution in [0.15, 0.2) is 6.07 Å². The second-order valence-electron chi connectivity index (χ2n) is 8.37. The summed E-state index contributed by atoms with van der Waals surface area (Å²) >= 11 is 0. The molecule has 3 rings (SSSR count). The van der Waals surface area contributed by atoms with E-state index >= 15 is 0 Å². The molecule has 0 saturated carbocycles. The topological polar surface area (TPSA) is 137 Å². The molecule has 0 amide bonds. The van der Waals surface area contributed by atoms with E-state index in [9.17, 15) is 30.3 Å². The van der Waals surface area contributed by atoms with Gasteiger partial charge in [-0.05, 0) is 55.9 Å². The highest BCUT2D eigenvalue weighted by atomic mass is 16.7. The molecule has 1 fully saturated rings. The Kier molecular flexibility index (Phi) is 6.45. The van der Waals surface area contributed by atoms with Gasteiger partial charge in [-0.25, -0.2) is 0 Å². The van der Waals surface area contributed by atoms with E-state index in [0.29, 0.717) is 18.4 Å². The molecule has 0 aromatic heterocycles. The lowest BCUT2D eigenvalue weighted by atomic mass is 9.86. The quantitative estimate of drug-likeness (QED) is 0.419. The largest absolute Gasteiger partial charge is 0.395 e. The van der Waals surface area contributed by atoms with Gasteiger partial charge in [-0.3, -0.25) is 4.79 Å². The predicted molar refractivity (Wildman–Crippen MR) is 103 cm³/mol. The maximum absolute atomic E-state index is 12.8. The summed E-state index contributed by atoms with van der Waals surface area (Å²) in [5.41, 5.74) is 3.64. The van der Waals surface area contributed by atoms with E-state index in [1.54, 1.807) is 6.92 Å². The summed E-state index contributed by atoms with van der Waals surface area (Å²) in [6.07, 6.45) is -5.59. The second kappa shape index (κ2) is 8.39. The first kappa shape index (κ1) is 22.3. The molecule has 1 aliphatic heterocycles. The molecular formula is C21H30O8. The van der Waals surface area contributed by atoms with Gasteiger partial charge >= 0.3 is 0 Å². The summed E-state index contributed by atoms with van der Waals surface area (Å²) in [5, 5.41) is 48.7. The molecule has 0 unspecified atom stereocenters. The maximum Gasteiger partial charge on any atom is 0.186 e. The summed E-state index contributed by atoms with van der Waals surface area (Å²) in [5.74, 6) is -0.0522. The lowest BCUT2D eigenvalue weighted by Crippen LogP contribution is -2.59. The van der Waals surface area contributed by atoms with Crippen molar-refractivity contribution in [2.45, 2.75) is 64.3 Å². The fraction of sp³-hybridized carbons (Fsp3) is 0.667. The van der Waals surface area contributed by atoms with Crippen molar-refractivity contribution in [3.63, 3.8) is 0 Å². The minimum absolute atomic E-state index is 0.0522. The third-order valence-electron chi connectivity index (χ3n) is 6.20. The van der Waals surface area contributed by atoms with Gasteiger partial charge in [-0.1, -0.05) is 6.07 Å². The number of aryl methyl sites for hydroxylation is 1. The van der Waals surface area contributed by atoms with Gasteiger partial charge < -0.3 is 35.0 Å². The van der Waals surface area contributed by atoms with Crippen LogP contribution in [0.25, 0.3) is 0 Å². The van der Waals surface area contributed by atoms with Crippen LogP contribution >= 0.6 is 0 Å². The van der Waals surface area contributed by atoms with Crippen molar-refractivity contribution < 1.29 is 39.8 Å². The van der Waals surface area contributed by atoms with Crippen LogP contribution in [-0.2, 0) is 22.3 Å². The third-order valence-corrected chi connectivity index (χ3v) is 6.20. The number of hydrogen-bond donors (Lipinski definition) is 5. The molecule has 1 heterocycles. The van der Waals surface area contributed by atoms with Gasteiger partial charge in [0.2, 0.25) is 0 Å². The molecule has 29 heavy (non-hydrogen) atoms. The summed E-state index contributed by atoms with van der Waals surface area (Å²) in [7, 11) is 0. The Hall–Kier alpha value is -1.39. The van der Waals surface area contributed by atoms with Crippen molar-refractivity contribution in [1.82, 2.24) is 0 Å². The van der Waals surface area contributed by atoms with Crippen molar-refractivity contribution >= 4 is 5.78 Å². The van der Waals surface area contributed by atoms with Crippen molar-refractivity contribution in [2.24, 2.45) is 5.41 Å². The van der Waals surface area contributed by atoms with E-state index in [-0.39, 0.29) is 19.0 Å². The Labute approximate surface area is 169 Å². The molecule has 0 spiro atoms. The molecule has 2 aliphatic rings. The minimum Gasteiger partial charge on any atom is -0.395 e. The number of hydrogen-bond acceptors (Lipinski definition) is 8. The van der Waals surface area contributed by atoms with E-state index < -0.39 is 42.7 Å². The van der Waals surface area contributed by atoms with Gasteiger partial charge in [0.15, 0.2) is 12.1 Å². The summed E-state index contributed by atoms with van der Waals surface area (Å²) in [6, 6.07) is 1.98. The molecule has 8 heteroatoms. The van der Waals surface area contributed by atoms with Crippen LogP contribution in [0.2, 0.25) is 0 Å². The number of rotatable bonds is 6. The first-order valence-corrected chi connectivity index (χ1v) is 9.84. The molecular weight excluding hydrogens is 380 g/mol. The number of aliphatic hydroxyl groups is 5. The van der Waals surface area contributed by atoms with Crippen molar-refractivity contribution in [3.05, 3.63) is 33.9 Å². The number of ether oxygens (including phenoxy) is 2. The summed E-state index contributed by atoms with van der Waals surface area (Å²) in [6.45, 7) is 5.04. The Morgan fingerprint density at radius 2 is 1.86 bits per heavy atom. The lowest BCUT2D eigenvalue weighted by molar-refractivity contribution is -0.300. The van der Waals surface area contributed by atoms with Crippen LogP contribution in [0.5, 0.6) is 0 Å². The van der Waals surface area contributed by atoms with Crippen molar-refractivity contribution in [3.8, 4) is 0 Å². The number of carbonyl (C=O) groups is 1. The molecule has 0 radical (unpaired) electrons. The fourth-order valence-electron chi connectivity index (χ4n) is 4.36. The van der Waals surface area contributed by atoms with Crippen LogP contribution in [0.1, 0.15) is 39.5 Å². The van der Waals surface area contributed by atoms with Crippen LogP contribution in [0.3, 0.4) is 0 Å². The number of ketones is 1. The monoisotopic (exact) mass is 410 g/mol. The minimum atomic E-state index is -1.48. The number of fused-ring (bicyclic) bond motifs is 1. The smallest absolute Gasteiger partial charge is 0.186 e. The van der Waals surface area contributed by atoms with Crippen LogP contribution in [0, 0.1) is 19.3 Å². The van der Waals surface area contributed by atoms with Gasteiger partial charge in [0.05, 0.1) is 25.2 Å². The highest BCUT2D eigenvalue weighted by molar-refractivity contribution is 6.06. The zero-order chi connectivity index (χ0) is 21.5. The van der Waals surface area contributed by atoms with Gasteiger partial charge in [0, 0.05) is 5.56 Å². The second-order valence-corrected chi connectivity index (χ2v) is 8.37. The Balaban J connectivity index is 1.72. The molecule has 1 saturated heterocycles. The molecule has 162 valence electrons. The van der Waals surface area contributed by atoms with E-state index in [0.717, 1.165) is 22.3 Å². The molecule has 1 aromatic carbocycles. The molecule has 0 bridgehead atoms. The number of Topliss-reactive ketones (excluding diaryl/α,β-unsaturated/α-hetero) is 1. The number of aliphatic hydroxyl groups excluding tert-OH is 5. The first-order valence-electron chi connectivity index (χ1n) is 9.84. The predicted octanol–water partition coefficient (Wildman–Crippen LogP) is -0.600. The normalized spacial score (nSPS) is 34.5. The average molecular weight is 410 g/mol. The Bertz CT molecular complexity index is 776. The highest BCUT2D eigenvalue weighted by Gasteiger charge is 2.44. The van der Waals surface area contributed by atoms with E-state index in [1.165, 1.54) is 0 Å². The molecule has 1 aromatic rings. The van der Waals surface area contributed by atoms with E-state index in [1.807, 2.05) is 19.9 Å². The third kappa shape index (κ3) is 3.86. The molecule has 8 nitrogen and oxygen atoms in total. The van der Waals surface area contributed by atoms with Gasteiger partial charge in [-0.2, -0.15) is 0 Å². The molecule has 6 atom stereocenters. The summed E-state index contributed by atoms with van der Waals surface area (Å²) < 4.78 is 10.9. The Morgan fingerprint density at radius 1 is 1.17 bits per heavy atom. The lowest BCUT2D eigenvalue weighted by Gasteiger charge is -2.39. The molecule has 1 aliphatic carbocycles.